The van der Waals surface area contributed by atoms with Crippen molar-refractivity contribution in [3.8, 4) is 11.4 Å². The van der Waals surface area contributed by atoms with E-state index < -0.39 is 0 Å². The molecule has 3 aromatic rings. The van der Waals surface area contributed by atoms with Crippen molar-refractivity contribution in [3.05, 3.63) is 76.2 Å². The highest BCUT2D eigenvalue weighted by atomic mass is 16.1. The van der Waals surface area contributed by atoms with Gasteiger partial charge in [0.25, 0.3) is 5.56 Å². The van der Waals surface area contributed by atoms with E-state index in [4.69, 9.17) is 0 Å². The summed E-state index contributed by atoms with van der Waals surface area (Å²) in [5, 5.41) is 2.58. The second-order valence-electron chi connectivity index (χ2n) is 5.49. The summed E-state index contributed by atoms with van der Waals surface area (Å²) in [6, 6.07) is 17.4. The Labute approximate surface area is 140 Å². The zero-order valence-electron chi connectivity index (χ0n) is 13.7. The van der Waals surface area contributed by atoms with Crippen molar-refractivity contribution in [1.82, 2.24) is 9.36 Å². The van der Waals surface area contributed by atoms with Crippen LogP contribution in [0.2, 0.25) is 0 Å². The standard InChI is InChI=1S/C19H19N3O2/c1-3-16-18(20-13-23)19(24)22(17-12-8-7-9-14(17)2)21(16)15-10-5-4-6-11-15/h4-13H,3H2,1-2H3,(H,20,23). The van der Waals surface area contributed by atoms with E-state index in [0.717, 1.165) is 22.6 Å². The predicted octanol–water partition coefficient (Wildman–Crippen LogP) is 3.07. The molecule has 3 rings (SSSR count). The number of amides is 1. The van der Waals surface area contributed by atoms with Crippen LogP contribution in [0.3, 0.4) is 0 Å². The summed E-state index contributed by atoms with van der Waals surface area (Å²) in [6.07, 6.45) is 1.16. The second-order valence-corrected chi connectivity index (χ2v) is 5.49. The van der Waals surface area contributed by atoms with Crippen molar-refractivity contribution in [1.29, 1.82) is 0 Å². The molecule has 0 unspecified atom stereocenters. The van der Waals surface area contributed by atoms with Crippen LogP contribution in [0.1, 0.15) is 18.2 Å². The van der Waals surface area contributed by atoms with Gasteiger partial charge in [-0.15, -0.1) is 0 Å². The van der Waals surface area contributed by atoms with Crippen LogP contribution in [0.5, 0.6) is 0 Å². The number of aryl methyl sites for hydroxylation is 1. The second kappa shape index (κ2) is 6.58. The van der Waals surface area contributed by atoms with Crippen molar-refractivity contribution in [2.24, 2.45) is 0 Å². The fourth-order valence-electron chi connectivity index (χ4n) is 2.94. The largest absolute Gasteiger partial charge is 0.323 e. The summed E-state index contributed by atoms with van der Waals surface area (Å²) in [5.41, 5.74) is 3.49. The zero-order valence-corrected chi connectivity index (χ0v) is 13.7. The van der Waals surface area contributed by atoms with Gasteiger partial charge in [-0.1, -0.05) is 43.3 Å². The number of anilines is 1. The summed E-state index contributed by atoms with van der Waals surface area (Å²) < 4.78 is 3.49. The monoisotopic (exact) mass is 321 g/mol. The quantitative estimate of drug-likeness (QED) is 0.734. The van der Waals surface area contributed by atoms with E-state index in [9.17, 15) is 9.59 Å². The molecule has 24 heavy (non-hydrogen) atoms. The lowest BCUT2D eigenvalue weighted by Crippen LogP contribution is -2.22. The van der Waals surface area contributed by atoms with Crippen molar-refractivity contribution >= 4 is 12.1 Å². The fourth-order valence-corrected chi connectivity index (χ4v) is 2.94. The van der Waals surface area contributed by atoms with Gasteiger partial charge in [-0.25, -0.2) is 9.36 Å². The third-order valence-electron chi connectivity index (χ3n) is 4.03. The van der Waals surface area contributed by atoms with Crippen LogP contribution in [-0.4, -0.2) is 15.8 Å². The average molecular weight is 321 g/mol. The third-order valence-corrected chi connectivity index (χ3v) is 4.03. The average Bonchev–Trinajstić information content (AvgIpc) is 2.89. The van der Waals surface area contributed by atoms with Crippen LogP contribution < -0.4 is 10.9 Å². The molecular formula is C19H19N3O2. The van der Waals surface area contributed by atoms with Gasteiger partial charge in [0.2, 0.25) is 6.41 Å². The molecule has 122 valence electrons. The number of nitrogens with one attached hydrogen (secondary N) is 1. The molecule has 0 aliphatic rings. The Bertz CT molecular complexity index is 924. The van der Waals surface area contributed by atoms with E-state index in [2.05, 4.69) is 5.32 Å². The van der Waals surface area contributed by atoms with E-state index in [1.54, 1.807) is 4.68 Å². The summed E-state index contributed by atoms with van der Waals surface area (Å²) >= 11 is 0. The molecule has 0 saturated carbocycles. The number of hydrogen-bond donors (Lipinski definition) is 1. The minimum atomic E-state index is -0.239. The molecule has 2 aromatic carbocycles. The van der Waals surface area contributed by atoms with Gasteiger partial charge >= 0.3 is 0 Å². The summed E-state index contributed by atoms with van der Waals surface area (Å²) in [5.74, 6) is 0. The number of rotatable bonds is 5. The predicted molar refractivity (Wildman–Crippen MR) is 95.2 cm³/mol. The van der Waals surface area contributed by atoms with Crippen molar-refractivity contribution in [2.75, 3.05) is 5.32 Å². The number of hydrogen-bond acceptors (Lipinski definition) is 2. The molecule has 1 N–H and O–H groups in total. The maximum atomic E-state index is 13.0. The molecule has 0 bridgehead atoms. The first-order valence-electron chi connectivity index (χ1n) is 7.87. The molecule has 5 heteroatoms. The van der Waals surface area contributed by atoms with Gasteiger partial charge in [-0.2, -0.15) is 0 Å². The molecule has 1 amide bonds. The molecule has 1 aromatic heterocycles. The van der Waals surface area contributed by atoms with Gasteiger partial charge in [-0.3, -0.25) is 9.59 Å². The minimum Gasteiger partial charge on any atom is -0.323 e. The van der Waals surface area contributed by atoms with Crippen LogP contribution in [-0.2, 0) is 11.2 Å². The Morgan fingerprint density at radius 1 is 1.00 bits per heavy atom. The molecule has 0 saturated heterocycles. The molecule has 0 aliphatic carbocycles. The first-order valence-corrected chi connectivity index (χ1v) is 7.87. The number of aromatic nitrogens is 2. The maximum Gasteiger partial charge on any atom is 0.295 e. The fraction of sp³-hybridized carbons (Fsp3) is 0.158. The Morgan fingerprint density at radius 2 is 1.67 bits per heavy atom. The van der Waals surface area contributed by atoms with Gasteiger partial charge in [-0.05, 0) is 37.1 Å². The highest BCUT2D eigenvalue weighted by molar-refractivity contribution is 5.73. The van der Waals surface area contributed by atoms with Crippen LogP contribution in [0.25, 0.3) is 11.4 Å². The molecule has 0 aliphatic heterocycles. The molecule has 0 spiro atoms. The molecule has 5 nitrogen and oxygen atoms in total. The Hall–Kier alpha value is -3.08. The van der Waals surface area contributed by atoms with Gasteiger partial charge in [0.15, 0.2) is 0 Å². The Morgan fingerprint density at radius 3 is 2.29 bits per heavy atom. The highest BCUT2D eigenvalue weighted by Crippen LogP contribution is 2.22. The molecule has 0 radical (unpaired) electrons. The number of carbonyl (C=O) groups excluding carboxylic acids is 1. The van der Waals surface area contributed by atoms with E-state index >= 15 is 0 Å². The minimum absolute atomic E-state index is 0.239. The van der Waals surface area contributed by atoms with E-state index in [0.29, 0.717) is 18.5 Å². The smallest absolute Gasteiger partial charge is 0.295 e. The normalized spacial score (nSPS) is 10.6. The number of nitrogens with zero attached hydrogens (tertiary/aromatic N) is 2. The highest BCUT2D eigenvalue weighted by Gasteiger charge is 2.21. The molecular weight excluding hydrogens is 302 g/mol. The maximum absolute atomic E-state index is 13.0. The van der Waals surface area contributed by atoms with Gasteiger partial charge < -0.3 is 5.32 Å². The van der Waals surface area contributed by atoms with E-state index in [-0.39, 0.29) is 5.56 Å². The topological polar surface area (TPSA) is 56.0 Å². The van der Waals surface area contributed by atoms with Crippen molar-refractivity contribution < 1.29 is 4.79 Å². The van der Waals surface area contributed by atoms with E-state index in [1.165, 1.54) is 0 Å². The molecule has 1 heterocycles. The first-order chi connectivity index (χ1) is 11.7. The summed E-state index contributed by atoms with van der Waals surface area (Å²) in [7, 11) is 0. The lowest BCUT2D eigenvalue weighted by molar-refractivity contribution is -0.105. The van der Waals surface area contributed by atoms with Gasteiger partial charge in [0.1, 0.15) is 5.69 Å². The number of carbonyl (C=O) groups is 1. The van der Waals surface area contributed by atoms with Gasteiger partial charge in [0, 0.05) is 0 Å². The lowest BCUT2D eigenvalue weighted by atomic mass is 10.2. The van der Waals surface area contributed by atoms with Crippen LogP contribution >= 0.6 is 0 Å². The molecule has 0 fully saturated rings. The zero-order chi connectivity index (χ0) is 17.1. The SMILES string of the molecule is CCc1c(NC=O)c(=O)n(-c2ccccc2C)n1-c1ccccc1. The number of benzene rings is 2. The molecule has 0 atom stereocenters. The first kappa shape index (κ1) is 15.8. The van der Waals surface area contributed by atoms with Crippen LogP contribution in [0.4, 0.5) is 5.69 Å². The van der Waals surface area contributed by atoms with Gasteiger partial charge in [0.05, 0.1) is 17.1 Å². The summed E-state index contributed by atoms with van der Waals surface area (Å²) in [4.78, 5) is 24.0. The Balaban J connectivity index is 2.42. The summed E-state index contributed by atoms with van der Waals surface area (Å²) in [6.45, 7) is 3.93. The lowest BCUT2D eigenvalue weighted by Gasteiger charge is -2.16. The Kier molecular flexibility index (Phi) is 4.33. The van der Waals surface area contributed by atoms with Crippen molar-refractivity contribution in [3.63, 3.8) is 0 Å². The van der Waals surface area contributed by atoms with Crippen LogP contribution in [0, 0.1) is 6.92 Å². The third kappa shape index (κ3) is 2.54. The number of para-hydroxylation sites is 2. The van der Waals surface area contributed by atoms with Crippen molar-refractivity contribution in [2.45, 2.75) is 20.3 Å². The van der Waals surface area contributed by atoms with E-state index in [1.807, 2.05) is 73.1 Å². The van der Waals surface area contributed by atoms with Crippen LogP contribution in [0.15, 0.2) is 59.4 Å².